The van der Waals surface area contributed by atoms with Gasteiger partial charge in [-0.2, -0.15) is 20.1 Å². The summed E-state index contributed by atoms with van der Waals surface area (Å²) in [6.07, 6.45) is 1.52. The maximum absolute atomic E-state index is 9.92. The molecule has 1 saturated heterocycles. The molecule has 0 atom stereocenters. The van der Waals surface area contributed by atoms with Crippen LogP contribution in [0.25, 0.3) is 10.8 Å². The predicted octanol–water partition coefficient (Wildman–Crippen LogP) is 3.76. The first kappa shape index (κ1) is 20.7. The zero-order valence-corrected chi connectivity index (χ0v) is 17.8. The molecule has 4 aromatic rings. The van der Waals surface area contributed by atoms with Gasteiger partial charge in [-0.25, -0.2) is 5.43 Å². The molecule has 9 nitrogen and oxygen atoms in total. The van der Waals surface area contributed by atoms with E-state index in [4.69, 9.17) is 4.74 Å². The summed E-state index contributed by atoms with van der Waals surface area (Å²) in [7, 11) is 0. The molecule has 1 aliphatic heterocycles. The maximum Gasteiger partial charge on any atom is 0.250 e. The standard InChI is InChI=1S/C24H23N7O2/c32-21-8-4-3-7-19(21)16-25-30-23-27-22(28-24(29-23)31-11-13-33-14-12-31)26-20-10-9-17-5-1-2-6-18(17)15-20/h1-10,15-16,32H,11-14H2,(H2,26,27,28,29,30). The lowest BCUT2D eigenvalue weighted by Crippen LogP contribution is -2.37. The quantitative estimate of drug-likeness (QED) is 0.307. The number of rotatable bonds is 6. The van der Waals surface area contributed by atoms with E-state index in [9.17, 15) is 5.11 Å². The summed E-state index contributed by atoms with van der Waals surface area (Å²) in [5, 5.41) is 19.7. The van der Waals surface area contributed by atoms with E-state index in [0.717, 1.165) is 16.5 Å². The van der Waals surface area contributed by atoms with Gasteiger partial charge in [-0.15, -0.1) is 0 Å². The van der Waals surface area contributed by atoms with Crippen LogP contribution in [-0.2, 0) is 4.74 Å². The molecule has 9 heteroatoms. The number of anilines is 4. The van der Waals surface area contributed by atoms with E-state index in [1.165, 1.54) is 6.21 Å². The minimum atomic E-state index is 0.145. The van der Waals surface area contributed by atoms with Crippen molar-refractivity contribution in [2.45, 2.75) is 0 Å². The van der Waals surface area contributed by atoms with Crippen LogP contribution in [0.2, 0.25) is 0 Å². The third-order valence-electron chi connectivity index (χ3n) is 5.23. The SMILES string of the molecule is Oc1ccccc1C=NNc1nc(Nc2ccc3ccccc3c2)nc(N2CCOCC2)n1. The minimum absolute atomic E-state index is 0.145. The first-order valence-electron chi connectivity index (χ1n) is 10.7. The highest BCUT2D eigenvalue weighted by molar-refractivity contribution is 5.86. The number of nitrogens with zero attached hydrogens (tertiary/aromatic N) is 5. The summed E-state index contributed by atoms with van der Waals surface area (Å²) in [6, 6.07) is 21.2. The largest absolute Gasteiger partial charge is 0.507 e. The van der Waals surface area contributed by atoms with Crippen molar-refractivity contribution in [3.8, 4) is 5.75 Å². The van der Waals surface area contributed by atoms with Crippen LogP contribution in [0.4, 0.5) is 23.5 Å². The van der Waals surface area contributed by atoms with Crippen molar-refractivity contribution in [1.29, 1.82) is 0 Å². The van der Waals surface area contributed by atoms with Gasteiger partial charge >= 0.3 is 0 Å². The molecule has 33 heavy (non-hydrogen) atoms. The van der Waals surface area contributed by atoms with Crippen molar-refractivity contribution >= 4 is 40.5 Å². The van der Waals surface area contributed by atoms with Crippen LogP contribution in [0.1, 0.15) is 5.56 Å². The van der Waals surface area contributed by atoms with Crippen LogP contribution >= 0.6 is 0 Å². The molecule has 1 aromatic heterocycles. The van der Waals surface area contributed by atoms with E-state index in [1.54, 1.807) is 18.2 Å². The van der Waals surface area contributed by atoms with Crippen molar-refractivity contribution in [3.63, 3.8) is 0 Å². The Morgan fingerprint density at radius 3 is 2.48 bits per heavy atom. The van der Waals surface area contributed by atoms with Gasteiger partial charge in [0.05, 0.1) is 19.4 Å². The lowest BCUT2D eigenvalue weighted by molar-refractivity contribution is 0.122. The number of aromatic nitrogens is 3. The molecule has 0 bridgehead atoms. The van der Waals surface area contributed by atoms with Gasteiger partial charge in [0.15, 0.2) is 0 Å². The highest BCUT2D eigenvalue weighted by atomic mass is 16.5. The average Bonchev–Trinajstić information content (AvgIpc) is 2.86. The number of phenolic OH excluding ortho intramolecular Hbond substituents is 1. The molecule has 0 saturated carbocycles. The van der Waals surface area contributed by atoms with E-state index in [-0.39, 0.29) is 5.75 Å². The lowest BCUT2D eigenvalue weighted by Gasteiger charge is -2.27. The van der Waals surface area contributed by atoms with Gasteiger partial charge in [-0.05, 0) is 35.0 Å². The van der Waals surface area contributed by atoms with Crippen LogP contribution in [0.3, 0.4) is 0 Å². The highest BCUT2D eigenvalue weighted by Gasteiger charge is 2.17. The van der Waals surface area contributed by atoms with Gasteiger partial charge < -0.3 is 20.1 Å². The fraction of sp³-hybridized carbons (Fsp3) is 0.167. The summed E-state index contributed by atoms with van der Waals surface area (Å²) in [5.74, 6) is 1.38. The fourth-order valence-electron chi connectivity index (χ4n) is 3.53. The lowest BCUT2D eigenvalue weighted by atomic mass is 10.1. The number of hydrogen-bond acceptors (Lipinski definition) is 9. The third kappa shape index (κ3) is 4.99. The van der Waals surface area contributed by atoms with Gasteiger partial charge in [0.1, 0.15) is 5.75 Å². The Labute approximate surface area is 190 Å². The van der Waals surface area contributed by atoms with Crippen LogP contribution in [0.5, 0.6) is 5.75 Å². The molecular formula is C24H23N7O2. The van der Waals surface area contributed by atoms with Gasteiger partial charge in [-0.1, -0.05) is 42.5 Å². The zero-order chi connectivity index (χ0) is 22.5. The third-order valence-corrected chi connectivity index (χ3v) is 5.23. The molecule has 0 unspecified atom stereocenters. The number of para-hydroxylation sites is 1. The second-order valence-corrected chi connectivity index (χ2v) is 7.50. The maximum atomic E-state index is 9.92. The summed E-state index contributed by atoms with van der Waals surface area (Å²) >= 11 is 0. The number of phenols is 1. The van der Waals surface area contributed by atoms with Crippen LogP contribution in [-0.4, -0.2) is 52.6 Å². The Hall–Kier alpha value is -4.24. The number of nitrogens with one attached hydrogen (secondary N) is 2. The van der Waals surface area contributed by atoms with Crippen molar-refractivity contribution in [2.24, 2.45) is 5.10 Å². The van der Waals surface area contributed by atoms with E-state index in [0.29, 0.717) is 49.7 Å². The molecule has 2 heterocycles. The number of morpholine rings is 1. The number of aromatic hydroxyl groups is 1. The molecule has 0 radical (unpaired) electrons. The number of hydrogen-bond donors (Lipinski definition) is 3. The zero-order valence-electron chi connectivity index (χ0n) is 17.8. The topological polar surface area (TPSA) is 108 Å². The Morgan fingerprint density at radius 2 is 1.64 bits per heavy atom. The van der Waals surface area contributed by atoms with Gasteiger partial charge in [0.25, 0.3) is 0 Å². The Balaban J connectivity index is 1.42. The van der Waals surface area contributed by atoms with Crippen LogP contribution in [0.15, 0.2) is 71.8 Å². The smallest absolute Gasteiger partial charge is 0.250 e. The molecule has 1 fully saturated rings. The second kappa shape index (κ2) is 9.49. The molecule has 3 N–H and O–H groups in total. The van der Waals surface area contributed by atoms with E-state index >= 15 is 0 Å². The minimum Gasteiger partial charge on any atom is -0.507 e. The van der Waals surface area contributed by atoms with Crippen molar-refractivity contribution in [3.05, 3.63) is 72.3 Å². The second-order valence-electron chi connectivity index (χ2n) is 7.50. The summed E-state index contributed by atoms with van der Waals surface area (Å²) in [5.41, 5.74) is 4.31. The monoisotopic (exact) mass is 441 g/mol. The van der Waals surface area contributed by atoms with E-state index in [1.807, 2.05) is 24.3 Å². The summed E-state index contributed by atoms with van der Waals surface area (Å²) < 4.78 is 5.45. The van der Waals surface area contributed by atoms with Crippen molar-refractivity contribution in [1.82, 2.24) is 15.0 Å². The molecular weight excluding hydrogens is 418 g/mol. The summed E-state index contributed by atoms with van der Waals surface area (Å²) in [6.45, 7) is 2.63. The van der Waals surface area contributed by atoms with Gasteiger partial charge in [0, 0.05) is 24.3 Å². The van der Waals surface area contributed by atoms with Crippen molar-refractivity contribution < 1.29 is 9.84 Å². The van der Waals surface area contributed by atoms with E-state index < -0.39 is 0 Å². The molecule has 0 amide bonds. The molecule has 5 rings (SSSR count). The number of benzene rings is 3. The first-order valence-corrected chi connectivity index (χ1v) is 10.7. The molecule has 0 aliphatic carbocycles. The number of hydrazone groups is 1. The van der Waals surface area contributed by atoms with Gasteiger partial charge in [0.2, 0.25) is 17.8 Å². The molecule has 3 aromatic carbocycles. The van der Waals surface area contributed by atoms with Crippen molar-refractivity contribution in [2.75, 3.05) is 41.9 Å². The Morgan fingerprint density at radius 1 is 0.879 bits per heavy atom. The average molecular weight is 441 g/mol. The number of ether oxygens (including phenoxy) is 1. The number of fused-ring (bicyclic) bond motifs is 1. The van der Waals surface area contributed by atoms with Gasteiger partial charge in [-0.3, -0.25) is 0 Å². The van der Waals surface area contributed by atoms with Crippen LogP contribution in [0, 0.1) is 0 Å². The van der Waals surface area contributed by atoms with Crippen LogP contribution < -0.4 is 15.6 Å². The van der Waals surface area contributed by atoms with E-state index in [2.05, 4.69) is 60.0 Å². The predicted molar refractivity (Wildman–Crippen MR) is 129 cm³/mol. The molecule has 166 valence electrons. The Kier molecular flexibility index (Phi) is 5.94. The fourth-order valence-corrected chi connectivity index (χ4v) is 3.53. The molecule has 0 spiro atoms. The molecule has 1 aliphatic rings. The normalized spacial score (nSPS) is 14.0. The highest BCUT2D eigenvalue weighted by Crippen LogP contribution is 2.23. The first-order chi connectivity index (χ1) is 16.2. The summed E-state index contributed by atoms with van der Waals surface area (Å²) in [4.78, 5) is 15.7. The Bertz CT molecular complexity index is 1290.